The Morgan fingerprint density at radius 1 is 1.60 bits per heavy atom. The van der Waals surface area contributed by atoms with E-state index in [-0.39, 0.29) is 5.91 Å². The molecule has 0 aromatic carbocycles. The Morgan fingerprint density at radius 2 is 2.33 bits per heavy atom. The lowest BCUT2D eigenvalue weighted by molar-refractivity contribution is -0.123. The number of nitrogens with one attached hydrogen (secondary N) is 1. The molecule has 0 bridgehead atoms. The van der Waals surface area contributed by atoms with Gasteiger partial charge in [-0.15, -0.1) is 0 Å². The zero-order valence-electron chi connectivity index (χ0n) is 9.46. The van der Waals surface area contributed by atoms with Gasteiger partial charge in [0.1, 0.15) is 0 Å². The Kier molecular flexibility index (Phi) is 2.98. The van der Waals surface area contributed by atoms with Crippen molar-refractivity contribution in [1.82, 2.24) is 10.2 Å². The van der Waals surface area contributed by atoms with Crippen LogP contribution in [-0.2, 0) is 4.79 Å². The van der Waals surface area contributed by atoms with Gasteiger partial charge in [0.2, 0.25) is 5.91 Å². The Bertz CT molecular complexity index is 250. The first-order valence-corrected chi connectivity index (χ1v) is 5.86. The molecule has 1 amide bonds. The van der Waals surface area contributed by atoms with Gasteiger partial charge in [-0.2, -0.15) is 0 Å². The standard InChI is InChI=1S/C11H21N3O/c1-14-6-2-3-9(8-14)7-13-10(15)11(12)4-5-11/h9H,2-8,12H2,1H3,(H,13,15). The smallest absolute Gasteiger partial charge is 0.240 e. The van der Waals surface area contributed by atoms with Gasteiger partial charge >= 0.3 is 0 Å². The summed E-state index contributed by atoms with van der Waals surface area (Å²) in [6, 6.07) is 0. The first-order valence-electron chi connectivity index (χ1n) is 5.86. The zero-order valence-corrected chi connectivity index (χ0v) is 9.46. The van der Waals surface area contributed by atoms with E-state index in [0.717, 1.165) is 25.9 Å². The summed E-state index contributed by atoms with van der Waals surface area (Å²) in [6.45, 7) is 3.07. The zero-order chi connectivity index (χ0) is 10.9. The molecule has 1 aliphatic heterocycles. The van der Waals surface area contributed by atoms with Crippen molar-refractivity contribution < 1.29 is 4.79 Å². The third kappa shape index (κ3) is 2.69. The van der Waals surface area contributed by atoms with Crippen molar-refractivity contribution in [3.63, 3.8) is 0 Å². The van der Waals surface area contributed by atoms with Crippen LogP contribution in [0.25, 0.3) is 0 Å². The summed E-state index contributed by atoms with van der Waals surface area (Å²) < 4.78 is 0. The number of carbonyl (C=O) groups is 1. The van der Waals surface area contributed by atoms with E-state index in [4.69, 9.17) is 5.73 Å². The van der Waals surface area contributed by atoms with E-state index in [1.807, 2.05) is 0 Å². The van der Waals surface area contributed by atoms with Gasteiger partial charge in [-0.25, -0.2) is 0 Å². The van der Waals surface area contributed by atoms with Gasteiger partial charge in [0, 0.05) is 13.1 Å². The highest BCUT2D eigenvalue weighted by atomic mass is 16.2. The van der Waals surface area contributed by atoms with Crippen LogP contribution >= 0.6 is 0 Å². The van der Waals surface area contributed by atoms with Gasteiger partial charge in [0.05, 0.1) is 5.54 Å². The molecular formula is C11H21N3O. The second-order valence-corrected chi connectivity index (χ2v) is 5.14. The molecule has 1 saturated heterocycles. The Hall–Kier alpha value is -0.610. The van der Waals surface area contributed by atoms with Gasteiger partial charge < -0.3 is 16.0 Å². The monoisotopic (exact) mass is 211 g/mol. The van der Waals surface area contributed by atoms with Crippen LogP contribution in [0.4, 0.5) is 0 Å². The second-order valence-electron chi connectivity index (χ2n) is 5.14. The number of likely N-dealkylation sites (tertiary alicyclic amines) is 1. The van der Waals surface area contributed by atoms with Crippen LogP contribution in [0.3, 0.4) is 0 Å². The fraction of sp³-hybridized carbons (Fsp3) is 0.909. The summed E-state index contributed by atoms with van der Waals surface area (Å²) in [5.74, 6) is 0.658. The molecule has 1 atom stereocenters. The predicted molar refractivity (Wildman–Crippen MR) is 59.4 cm³/mol. The fourth-order valence-corrected chi connectivity index (χ4v) is 2.21. The van der Waals surface area contributed by atoms with E-state index in [9.17, 15) is 4.79 Å². The molecule has 3 N–H and O–H groups in total. The second kappa shape index (κ2) is 4.10. The average molecular weight is 211 g/mol. The van der Waals surface area contributed by atoms with Crippen LogP contribution in [0.15, 0.2) is 0 Å². The molecule has 2 fully saturated rings. The van der Waals surface area contributed by atoms with Crippen molar-refractivity contribution in [3.8, 4) is 0 Å². The lowest BCUT2D eigenvalue weighted by atomic mass is 9.98. The van der Waals surface area contributed by atoms with Crippen molar-refractivity contribution in [2.24, 2.45) is 11.7 Å². The number of rotatable bonds is 3. The summed E-state index contributed by atoms with van der Waals surface area (Å²) in [5, 5.41) is 2.98. The summed E-state index contributed by atoms with van der Waals surface area (Å²) in [7, 11) is 2.14. The SMILES string of the molecule is CN1CCCC(CNC(=O)C2(N)CC2)C1. The lowest BCUT2D eigenvalue weighted by Crippen LogP contribution is -2.46. The van der Waals surface area contributed by atoms with Crippen molar-refractivity contribution in [1.29, 1.82) is 0 Å². The quantitative estimate of drug-likeness (QED) is 0.687. The van der Waals surface area contributed by atoms with Crippen molar-refractivity contribution in [2.45, 2.75) is 31.2 Å². The first kappa shape index (κ1) is 10.9. The third-order valence-electron chi connectivity index (χ3n) is 3.51. The molecule has 4 heteroatoms. The fourth-order valence-electron chi connectivity index (χ4n) is 2.21. The molecule has 86 valence electrons. The number of nitrogens with two attached hydrogens (primary N) is 1. The van der Waals surface area contributed by atoms with Gasteiger partial charge in [-0.1, -0.05) is 0 Å². The van der Waals surface area contributed by atoms with E-state index >= 15 is 0 Å². The molecule has 4 nitrogen and oxygen atoms in total. The van der Waals surface area contributed by atoms with E-state index in [1.165, 1.54) is 19.4 Å². The van der Waals surface area contributed by atoms with Crippen LogP contribution in [-0.4, -0.2) is 43.0 Å². The van der Waals surface area contributed by atoms with E-state index < -0.39 is 5.54 Å². The summed E-state index contributed by atoms with van der Waals surface area (Å²) >= 11 is 0. The Morgan fingerprint density at radius 3 is 2.93 bits per heavy atom. The predicted octanol–water partition coefficient (Wildman–Crippen LogP) is -0.0643. The molecule has 1 unspecified atom stereocenters. The number of hydrogen-bond acceptors (Lipinski definition) is 3. The molecule has 0 aromatic rings. The van der Waals surface area contributed by atoms with E-state index in [0.29, 0.717) is 5.92 Å². The highest BCUT2D eigenvalue weighted by Crippen LogP contribution is 2.32. The maximum Gasteiger partial charge on any atom is 0.240 e. The molecule has 2 aliphatic rings. The van der Waals surface area contributed by atoms with Crippen LogP contribution < -0.4 is 11.1 Å². The Labute approximate surface area is 91.2 Å². The van der Waals surface area contributed by atoms with Gasteiger partial charge in [-0.05, 0) is 45.2 Å². The number of nitrogens with zero attached hydrogens (tertiary/aromatic N) is 1. The Balaban J connectivity index is 1.71. The molecule has 1 aliphatic carbocycles. The number of carbonyl (C=O) groups excluding carboxylic acids is 1. The molecule has 0 radical (unpaired) electrons. The minimum atomic E-state index is -0.513. The number of piperidine rings is 1. The largest absolute Gasteiger partial charge is 0.354 e. The molecule has 1 heterocycles. The lowest BCUT2D eigenvalue weighted by Gasteiger charge is -2.29. The maximum absolute atomic E-state index is 11.6. The number of hydrogen-bond donors (Lipinski definition) is 2. The van der Waals surface area contributed by atoms with Crippen LogP contribution in [0.5, 0.6) is 0 Å². The summed E-state index contributed by atoms with van der Waals surface area (Å²) in [4.78, 5) is 13.9. The van der Waals surface area contributed by atoms with Gasteiger partial charge in [0.25, 0.3) is 0 Å². The van der Waals surface area contributed by atoms with Crippen LogP contribution in [0.2, 0.25) is 0 Å². The first-order chi connectivity index (χ1) is 7.10. The highest BCUT2D eigenvalue weighted by Gasteiger charge is 2.45. The minimum Gasteiger partial charge on any atom is -0.354 e. The van der Waals surface area contributed by atoms with Crippen LogP contribution in [0, 0.1) is 5.92 Å². The van der Waals surface area contributed by atoms with E-state index in [2.05, 4.69) is 17.3 Å². The molecule has 1 saturated carbocycles. The molecule has 0 aromatic heterocycles. The number of amides is 1. The summed E-state index contributed by atoms with van der Waals surface area (Å²) in [6.07, 6.45) is 4.17. The van der Waals surface area contributed by atoms with E-state index in [1.54, 1.807) is 0 Å². The highest BCUT2D eigenvalue weighted by molar-refractivity contribution is 5.88. The molecule has 0 spiro atoms. The van der Waals surface area contributed by atoms with Crippen molar-refractivity contribution in [2.75, 3.05) is 26.7 Å². The molecule has 15 heavy (non-hydrogen) atoms. The molecular weight excluding hydrogens is 190 g/mol. The van der Waals surface area contributed by atoms with Crippen molar-refractivity contribution in [3.05, 3.63) is 0 Å². The minimum absolute atomic E-state index is 0.0516. The third-order valence-corrected chi connectivity index (χ3v) is 3.51. The van der Waals surface area contributed by atoms with Crippen molar-refractivity contribution >= 4 is 5.91 Å². The topological polar surface area (TPSA) is 58.4 Å². The van der Waals surface area contributed by atoms with Gasteiger partial charge in [-0.3, -0.25) is 4.79 Å². The molecule has 2 rings (SSSR count). The average Bonchev–Trinajstić information content (AvgIpc) is 2.94. The maximum atomic E-state index is 11.6. The normalized spacial score (nSPS) is 29.9. The summed E-state index contributed by atoms with van der Waals surface area (Å²) in [5.41, 5.74) is 5.30. The van der Waals surface area contributed by atoms with Crippen LogP contribution in [0.1, 0.15) is 25.7 Å². The van der Waals surface area contributed by atoms with Gasteiger partial charge in [0.15, 0.2) is 0 Å².